The highest BCUT2D eigenvalue weighted by molar-refractivity contribution is 7.89. The molecule has 1 aromatic heterocycles. The number of nitrogens with zero attached hydrogens (tertiary/aromatic N) is 2. The summed E-state index contributed by atoms with van der Waals surface area (Å²) in [5.41, 5.74) is 0.543. The number of aliphatic hydroxyl groups excluding tert-OH is 1. The largest absolute Gasteiger partial charge is 0.393 e. The van der Waals surface area contributed by atoms with Crippen LogP contribution in [0.3, 0.4) is 0 Å². The Morgan fingerprint density at radius 2 is 2.21 bits per heavy atom. The molecule has 1 atom stereocenters. The SMILES string of the molecule is CCNc1ccncc1S(=O)(=O)N(C)CCC(C)O. The molecule has 1 heterocycles. The molecular weight excluding hydrogens is 266 g/mol. The van der Waals surface area contributed by atoms with Gasteiger partial charge in [0.05, 0.1) is 11.8 Å². The van der Waals surface area contributed by atoms with Crippen molar-refractivity contribution in [3.63, 3.8) is 0 Å². The van der Waals surface area contributed by atoms with Gasteiger partial charge in [0.1, 0.15) is 4.90 Å². The molecular formula is C12H21N3O3S. The summed E-state index contributed by atoms with van der Waals surface area (Å²) in [5.74, 6) is 0. The first kappa shape index (κ1) is 15.9. The molecule has 0 radical (unpaired) electrons. The number of anilines is 1. The number of aromatic nitrogens is 1. The molecule has 1 unspecified atom stereocenters. The van der Waals surface area contributed by atoms with Gasteiger partial charge in [0, 0.05) is 32.5 Å². The van der Waals surface area contributed by atoms with Crippen LogP contribution in [-0.2, 0) is 10.0 Å². The molecule has 2 N–H and O–H groups in total. The van der Waals surface area contributed by atoms with Gasteiger partial charge in [-0.1, -0.05) is 0 Å². The summed E-state index contributed by atoms with van der Waals surface area (Å²) in [6.07, 6.45) is 2.76. The van der Waals surface area contributed by atoms with Crippen molar-refractivity contribution in [1.29, 1.82) is 0 Å². The monoisotopic (exact) mass is 287 g/mol. The first-order chi connectivity index (χ1) is 8.89. The van der Waals surface area contributed by atoms with Crippen LogP contribution < -0.4 is 5.32 Å². The fraction of sp³-hybridized carbons (Fsp3) is 0.583. The fourth-order valence-electron chi connectivity index (χ4n) is 1.58. The van der Waals surface area contributed by atoms with Gasteiger partial charge in [-0.2, -0.15) is 0 Å². The predicted molar refractivity (Wildman–Crippen MR) is 74.5 cm³/mol. The van der Waals surface area contributed by atoms with Gasteiger partial charge in [-0.05, 0) is 26.3 Å². The molecule has 19 heavy (non-hydrogen) atoms. The highest BCUT2D eigenvalue weighted by atomic mass is 32.2. The van der Waals surface area contributed by atoms with Crippen molar-refractivity contribution < 1.29 is 13.5 Å². The molecule has 1 rings (SSSR count). The maximum absolute atomic E-state index is 12.4. The molecule has 0 saturated carbocycles. The number of hydrogen-bond acceptors (Lipinski definition) is 5. The molecule has 108 valence electrons. The third kappa shape index (κ3) is 4.15. The quantitative estimate of drug-likeness (QED) is 0.779. The minimum absolute atomic E-state index is 0.157. The molecule has 0 aliphatic carbocycles. The Labute approximate surface area is 114 Å². The predicted octanol–water partition coefficient (Wildman–Crippen LogP) is 0.905. The van der Waals surface area contributed by atoms with Crippen LogP contribution in [0.2, 0.25) is 0 Å². The molecule has 0 aliphatic heterocycles. The molecule has 0 bridgehead atoms. The van der Waals surface area contributed by atoms with Crippen LogP contribution in [0.4, 0.5) is 5.69 Å². The van der Waals surface area contributed by atoms with Crippen molar-refractivity contribution in [2.45, 2.75) is 31.3 Å². The zero-order chi connectivity index (χ0) is 14.5. The third-order valence-electron chi connectivity index (χ3n) is 2.70. The second kappa shape index (κ2) is 6.83. The lowest BCUT2D eigenvalue weighted by molar-refractivity contribution is 0.177. The molecule has 7 heteroatoms. The molecule has 0 saturated heterocycles. The van der Waals surface area contributed by atoms with Gasteiger partial charge in [0.25, 0.3) is 0 Å². The average molecular weight is 287 g/mol. The number of sulfonamides is 1. The van der Waals surface area contributed by atoms with E-state index in [2.05, 4.69) is 10.3 Å². The summed E-state index contributed by atoms with van der Waals surface area (Å²) in [6, 6.07) is 1.64. The Morgan fingerprint density at radius 1 is 1.53 bits per heavy atom. The number of pyridine rings is 1. The molecule has 1 aromatic rings. The first-order valence-corrected chi connectivity index (χ1v) is 7.66. The second-order valence-corrected chi connectivity index (χ2v) is 6.38. The molecule has 6 nitrogen and oxygen atoms in total. The van der Waals surface area contributed by atoms with Crippen LogP contribution in [0.15, 0.2) is 23.4 Å². The molecule has 0 fully saturated rings. The van der Waals surface area contributed by atoms with E-state index in [1.165, 1.54) is 17.5 Å². The van der Waals surface area contributed by atoms with Crippen LogP contribution in [0, 0.1) is 0 Å². The van der Waals surface area contributed by atoms with Gasteiger partial charge in [-0.15, -0.1) is 0 Å². The van der Waals surface area contributed by atoms with Gasteiger partial charge >= 0.3 is 0 Å². The Hall–Kier alpha value is -1.18. The van der Waals surface area contributed by atoms with Gasteiger partial charge in [-0.25, -0.2) is 12.7 Å². The van der Waals surface area contributed by atoms with E-state index in [-0.39, 0.29) is 11.4 Å². The summed E-state index contributed by atoms with van der Waals surface area (Å²) in [4.78, 5) is 4.03. The van der Waals surface area contributed by atoms with Gasteiger partial charge in [0.15, 0.2) is 0 Å². The van der Waals surface area contributed by atoms with Crippen LogP contribution in [-0.4, -0.2) is 49.1 Å². The topological polar surface area (TPSA) is 82.5 Å². The summed E-state index contributed by atoms with van der Waals surface area (Å²) in [7, 11) is -2.09. The zero-order valence-corrected chi connectivity index (χ0v) is 12.3. The fourth-order valence-corrected chi connectivity index (χ4v) is 2.87. The van der Waals surface area contributed by atoms with Crippen molar-refractivity contribution in [2.24, 2.45) is 0 Å². The second-order valence-electron chi connectivity index (χ2n) is 4.37. The van der Waals surface area contributed by atoms with Crippen LogP contribution >= 0.6 is 0 Å². The van der Waals surface area contributed by atoms with Gasteiger partial charge in [-0.3, -0.25) is 4.98 Å². The Kier molecular flexibility index (Phi) is 5.71. The summed E-state index contributed by atoms with van der Waals surface area (Å²) < 4.78 is 26.0. The molecule has 0 aliphatic rings. The maximum atomic E-state index is 12.4. The van der Waals surface area contributed by atoms with E-state index in [4.69, 9.17) is 0 Å². The molecule has 0 spiro atoms. The van der Waals surface area contributed by atoms with E-state index < -0.39 is 16.1 Å². The zero-order valence-electron chi connectivity index (χ0n) is 11.5. The lowest BCUT2D eigenvalue weighted by Gasteiger charge is -2.19. The Morgan fingerprint density at radius 3 is 2.79 bits per heavy atom. The minimum atomic E-state index is -3.59. The number of rotatable bonds is 7. The van der Waals surface area contributed by atoms with E-state index in [1.54, 1.807) is 19.2 Å². The average Bonchev–Trinajstić information content (AvgIpc) is 2.36. The van der Waals surface area contributed by atoms with Gasteiger partial charge in [0.2, 0.25) is 10.0 Å². The summed E-state index contributed by atoms with van der Waals surface area (Å²) in [6.45, 7) is 4.42. The van der Waals surface area contributed by atoms with E-state index >= 15 is 0 Å². The smallest absolute Gasteiger partial charge is 0.246 e. The van der Waals surface area contributed by atoms with Crippen LogP contribution in [0.5, 0.6) is 0 Å². The van der Waals surface area contributed by atoms with E-state index in [0.717, 1.165) is 0 Å². The standard InChI is InChI=1S/C12H21N3O3S/c1-4-14-11-5-7-13-9-12(11)19(17,18)15(3)8-6-10(2)16/h5,7,9-10,16H,4,6,8H2,1-3H3,(H,13,14). The molecule has 0 aromatic carbocycles. The van der Waals surface area contributed by atoms with Crippen molar-refractivity contribution in [2.75, 3.05) is 25.5 Å². The molecule has 0 amide bonds. The van der Waals surface area contributed by atoms with Crippen LogP contribution in [0.25, 0.3) is 0 Å². The Bertz CT molecular complexity index is 503. The highest BCUT2D eigenvalue weighted by Gasteiger charge is 2.24. The maximum Gasteiger partial charge on any atom is 0.246 e. The van der Waals surface area contributed by atoms with Crippen molar-refractivity contribution in [1.82, 2.24) is 9.29 Å². The van der Waals surface area contributed by atoms with E-state index in [9.17, 15) is 13.5 Å². The lowest BCUT2D eigenvalue weighted by atomic mass is 10.3. The first-order valence-electron chi connectivity index (χ1n) is 6.22. The highest BCUT2D eigenvalue weighted by Crippen LogP contribution is 2.22. The summed E-state index contributed by atoms with van der Waals surface area (Å²) >= 11 is 0. The van der Waals surface area contributed by atoms with Crippen molar-refractivity contribution >= 4 is 15.7 Å². The minimum Gasteiger partial charge on any atom is -0.393 e. The van der Waals surface area contributed by atoms with E-state index in [0.29, 0.717) is 18.7 Å². The lowest BCUT2D eigenvalue weighted by Crippen LogP contribution is -2.30. The third-order valence-corrected chi connectivity index (χ3v) is 4.59. The van der Waals surface area contributed by atoms with Crippen molar-refractivity contribution in [3.05, 3.63) is 18.5 Å². The van der Waals surface area contributed by atoms with E-state index in [1.807, 2.05) is 6.92 Å². The van der Waals surface area contributed by atoms with Crippen LogP contribution in [0.1, 0.15) is 20.3 Å². The van der Waals surface area contributed by atoms with Crippen molar-refractivity contribution in [3.8, 4) is 0 Å². The number of nitrogens with one attached hydrogen (secondary N) is 1. The summed E-state index contributed by atoms with van der Waals surface area (Å²) in [5, 5.41) is 12.2. The Balaban J connectivity index is 2.99. The van der Waals surface area contributed by atoms with Gasteiger partial charge < -0.3 is 10.4 Å². The number of hydrogen-bond donors (Lipinski definition) is 2. The normalized spacial score (nSPS) is 13.5. The number of aliphatic hydroxyl groups is 1.